The van der Waals surface area contributed by atoms with Gasteiger partial charge in [0.25, 0.3) is 5.91 Å². The number of aryl methyl sites for hydroxylation is 2. The van der Waals surface area contributed by atoms with E-state index < -0.39 is 0 Å². The fourth-order valence-corrected chi connectivity index (χ4v) is 6.35. The van der Waals surface area contributed by atoms with Gasteiger partial charge in [-0.25, -0.2) is 9.97 Å². The van der Waals surface area contributed by atoms with Crippen molar-refractivity contribution in [1.82, 2.24) is 15.3 Å². The van der Waals surface area contributed by atoms with Gasteiger partial charge in [-0.15, -0.1) is 11.3 Å². The average Bonchev–Trinajstić information content (AvgIpc) is 3.29. The van der Waals surface area contributed by atoms with Crippen LogP contribution in [0.1, 0.15) is 46.9 Å². The lowest BCUT2D eigenvalue weighted by molar-refractivity contribution is 0.0803. The number of pyridine rings is 2. The lowest BCUT2D eigenvalue weighted by atomic mass is 9.82. The highest BCUT2D eigenvalue weighted by Gasteiger charge is 2.41. The second kappa shape index (κ2) is 8.82. The fraction of sp³-hybridized carbons (Fsp3) is 0.500. The van der Waals surface area contributed by atoms with Crippen molar-refractivity contribution in [3.05, 3.63) is 46.1 Å². The van der Waals surface area contributed by atoms with Crippen LogP contribution in [0, 0.1) is 18.3 Å². The first-order chi connectivity index (χ1) is 16.3. The summed E-state index contributed by atoms with van der Waals surface area (Å²) < 4.78 is 5.49. The van der Waals surface area contributed by atoms with Crippen molar-refractivity contribution < 1.29 is 9.53 Å². The Morgan fingerprint density at radius 1 is 1.32 bits per heavy atom. The molecule has 180 valence electrons. The smallest absolute Gasteiger partial charge is 0.263 e. The van der Waals surface area contributed by atoms with Gasteiger partial charge in [0.15, 0.2) is 0 Å². The maximum Gasteiger partial charge on any atom is 0.263 e. The van der Waals surface area contributed by atoms with Crippen LogP contribution in [0.5, 0.6) is 0 Å². The molecule has 1 fully saturated rings. The molecule has 0 unspecified atom stereocenters. The van der Waals surface area contributed by atoms with Crippen LogP contribution in [-0.4, -0.2) is 48.7 Å². The Kier molecular flexibility index (Phi) is 5.98. The van der Waals surface area contributed by atoms with Crippen LogP contribution in [-0.2, 0) is 17.6 Å². The number of hydrogen-bond donors (Lipinski definition) is 2. The van der Waals surface area contributed by atoms with E-state index in [-0.39, 0.29) is 17.4 Å². The van der Waals surface area contributed by atoms with Gasteiger partial charge < -0.3 is 20.7 Å². The summed E-state index contributed by atoms with van der Waals surface area (Å²) in [4.78, 5) is 26.3. The number of amides is 1. The lowest BCUT2D eigenvalue weighted by Crippen LogP contribution is -2.39. The molecule has 1 aliphatic carbocycles. The first-order valence-electron chi connectivity index (χ1n) is 12.0. The van der Waals surface area contributed by atoms with Crippen molar-refractivity contribution in [1.29, 1.82) is 0 Å². The largest absolute Gasteiger partial charge is 0.397 e. The zero-order valence-corrected chi connectivity index (χ0v) is 21.2. The molecule has 0 saturated carbocycles. The minimum atomic E-state index is -0.111. The molecule has 5 rings (SSSR count). The maximum atomic E-state index is 13.0. The van der Waals surface area contributed by atoms with Crippen molar-refractivity contribution in [2.45, 2.75) is 46.1 Å². The Labute approximate surface area is 204 Å². The highest BCUT2D eigenvalue weighted by molar-refractivity contribution is 7.21. The van der Waals surface area contributed by atoms with Gasteiger partial charge in [0.05, 0.1) is 12.3 Å². The van der Waals surface area contributed by atoms with E-state index in [1.807, 2.05) is 19.1 Å². The predicted molar refractivity (Wildman–Crippen MR) is 138 cm³/mol. The van der Waals surface area contributed by atoms with Crippen molar-refractivity contribution >= 4 is 39.0 Å². The number of hydrogen-bond acceptors (Lipinski definition) is 7. The fourth-order valence-electron chi connectivity index (χ4n) is 5.31. The van der Waals surface area contributed by atoms with Crippen molar-refractivity contribution in [2.24, 2.45) is 11.3 Å². The summed E-state index contributed by atoms with van der Waals surface area (Å²) in [6.07, 6.45) is 2.51. The molecule has 7 nitrogen and oxygen atoms in total. The number of nitrogen functional groups attached to an aromatic ring is 1. The van der Waals surface area contributed by atoms with Crippen LogP contribution in [0.15, 0.2) is 24.3 Å². The number of aromatic nitrogens is 2. The highest BCUT2D eigenvalue weighted by Crippen LogP contribution is 2.38. The number of fused-ring (bicyclic) bond motifs is 2. The van der Waals surface area contributed by atoms with Crippen LogP contribution < -0.4 is 16.0 Å². The molecule has 1 saturated heterocycles. The first-order valence-corrected chi connectivity index (χ1v) is 12.8. The Morgan fingerprint density at radius 2 is 2.15 bits per heavy atom. The molecule has 3 aromatic rings. The first kappa shape index (κ1) is 23.1. The molecule has 1 aliphatic heterocycles. The molecule has 34 heavy (non-hydrogen) atoms. The summed E-state index contributed by atoms with van der Waals surface area (Å²) in [6.45, 7) is 9.25. The molecule has 2 aliphatic rings. The standard InChI is InChI=1S/C26H33N5O2S/c1-15-12-31(13-26(15,3)14-33-4)21-10-6-17-11-18(7-9-20(17)30-21)29-24(32)23-22(27)19-8-5-16(2)28-25(19)34-23/h5-6,8,10,15,18H,7,9,11-14,27H2,1-4H3,(H,29,32)/t15-,18-,26-/m0/s1. The third kappa shape index (κ3) is 4.14. The number of carbonyl (C=O) groups excluding carboxylic acids is 1. The number of nitrogens with two attached hydrogens (primary N) is 1. The Balaban J connectivity index is 1.27. The Morgan fingerprint density at radius 3 is 2.94 bits per heavy atom. The highest BCUT2D eigenvalue weighted by atomic mass is 32.1. The summed E-state index contributed by atoms with van der Waals surface area (Å²) >= 11 is 1.36. The molecule has 0 spiro atoms. The number of anilines is 2. The Hall–Kier alpha value is -2.71. The van der Waals surface area contributed by atoms with Gasteiger partial charge in [-0.05, 0) is 55.9 Å². The summed E-state index contributed by atoms with van der Waals surface area (Å²) in [5.74, 6) is 1.48. The van der Waals surface area contributed by atoms with Crippen LogP contribution >= 0.6 is 11.3 Å². The molecule has 3 aromatic heterocycles. The number of ether oxygens (including phenoxy) is 1. The van der Waals surface area contributed by atoms with Gasteiger partial charge in [-0.2, -0.15) is 0 Å². The molecule has 0 aromatic carbocycles. The van der Waals surface area contributed by atoms with E-state index in [0.717, 1.165) is 66.4 Å². The summed E-state index contributed by atoms with van der Waals surface area (Å²) in [7, 11) is 1.78. The van der Waals surface area contributed by atoms with E-state index in [1.165, 1.54) is 16.9 Å². The average molecular weight is 480 g/mol. The van der Waals surface area contributed by atoms with Gasteiger partial charge in [0, 0.05) is 48.4 Å². The van der Waals surface area contributed by atoms with E-state index in [9.17, 15) is 4.79 Å². The number of nitrogens with zero attached hydrogens (tertiary/aromatic N) is 3. The normalized spacial score (nSPS) is 24.4. The predicted octanol–water partition coefficient (Wildman–Crippen LogP) is 3.98. The van der Waals surface area contributed by atoms with Gasteiger partial charge in [0.2, 0.25) is 0 Å². The molecular formula is C26H33N5O2S. The van der Waals surface area contributed by atoms with E-state index in [1.54, 1.807) is 7.11 Å². The number of methoxy groups -OCH3 is 1. The number of nitrogens with one attached hydrogen (secondary N) is 1. The SMILES string of the molecule is COC[C@]1(C)CN(c2ccc3c(n2)CC[C@H](NC(=O)c2sc4nc(C)ccc4c2N)C3)C[C@@H]1C. The zero-order valence-electron chi connectivity index (χ0n) is 20.4. The minimum absolute atomic E-state index is 0.0729. The van der Waals surface area contributed by atoms with Crippen LogP contribution in [0.4, 0.5) is 11.5 Å². The molecule has 0 bridgehead atoms. The zero-order chi connectivity index (χ0) is 24.0. The summed E-state index contributed by atoms with van der Waals surface area (Å²) in [5, 5.41) is 4.06. The quantitative estimate of drug-likeness (QED) is 0.575. The molecule has 3 N–H and O–H groups in total. The van der Waals surface area contributed by atoms with E-state index in [4.69, 9.17) is 15.5 Å². The van der Waals surface area contributed by atoms with Gasteiger partial charge >= 0.3 is 0 Å². The van der Waals surface area contributed by atoms with Crippen molar-refractivity contribution in [2.75, 3.05) is 37.4 Å². The monoisotopic (exact) mass is 479 g/mol. The van der Waals surface area contributed by atoms with Crippen LogP contribution in [0.25, 0.3) is 10.2 Å². The molecule has 4 heterocycles. The summed E-state index contributed by atoms with van der Waals surface area (Å²) in [5.41, 5.74) is 10.2. The van der Waals surface area contributed by atoms with Crippen molar-refractivity contribution in [3.8, 4) is 0 Å². The lowest BCUT2D eigenvalue weighted by Gasteiger charge is -2.28. The second-order valence-electron chi connectivity index (χ2n) is 10.2. The van der Waals surface area contributed by atoms with Crippen molar-refractivity contribution in [3.63, 3.8) is 0 Å². The molecule has 3 atom stereocenters. The van der Waals surface area contributed by atoms with E-state index in [0.29, 0.717) is 16.5 Å². The Bertz CT molecular complexity index is 1240. The van der Waals surface area contributed by atoms with Gasteiger partial charge in [-0.3, -0.25) is 4.79 Å². The molecule has 0 radical (unpaired) electrons. The van der Waals surface area contributed by atoms with E-state index in [2.05, 4.69) is 41.2 Å². The maximum absolute atomic E-state index is 13.0. The van der Waals surface area contributed by atoms with Crippen LogP contribution in [0.2, 0.25) is 0 Å². The van der Waals surface area contributed by atoms with Gasteiger partial charge in [0.1, 0.15) is 15.5 Å². The molecule has 8 heteroatoms. The summed E-state index contributed by atoms with van der Waals surface area (Å²) in [6, 6.07) is 8.26. The molecule has 1 amide bonds. The number of rotatable bonds is 5. The van der Waals surface area contributed by atoms with E-state index >= 15 is 0 Å². The van der Waals surface area contributed by atoms with Crippen LogP contribution in [0.3, 0.4) is 0 Å². The topological polar surface area (TPSA) is 93.4 Å². The third-order valence-electron chi connectivity index (χ3n) is 7.56. The van der Waals surface area contributed by atoms with Gasteiger partial charge in [-0.1, -0.05) is 19.9 Å². The number of thiophene rings is 1. The minimum Gasteiger partial charge on any atom is -0.397 e. The number of carbonyl (C=O) groups is 1. The molecular weight excluding hydrogens is 446 g/mol. The second-order valence-corrected chi connectivity index (χ2v) is 11.2. The third-order valence-corrected chi connectivity index (χ3v) is 8.67.